The highest BCUT2D eigenvalue weighted by molar-refractivity contribution is 7.16. The van der Waals surface area contributed by atoms with Gasteiger partial charge in [0.15, 0.2) is 8.07 Å². The van der Waals surface area contributed by atoms with Crippen molar-refractivity contribution < 1.29 is 0 Å². The Labute approximate surface area is 176 Å². The second kappa shape index (κ2) is 7.65. The SMILES string of the molecule is CC1=C(C)C(C)C([Si](c2ccccc2)(c2ccccc2)c2cccc(C)c2)=C1C. The van der Waals surface area contributed by atoms with Gasteiger partial charge in [-0.1, -0.05) is 114 Å². The maximum atomic E-state index is 2.43. The van der Waals surface area contributed by atoms with Gasteiger partial charge in [0.2, 0.25) is 0 Å². The van der Waals surface area contributed by atoms with Gasteiger partial charge in [0, 0.05) is 0 Å². The van der Waals surface area contributed by atoms with Gasteiger partial charge in [0.05, 0.1) is 0 Å². The van der Waals surface area contributed by atoms with Gasteiger partial charge in [0.1, 0.15) is 0 Å². The van der Waals surface area contributed by atoms with E-state index in [1.54, 1.807) is 5.20 Å². The molecule has 1 atom stereocenters. The van der Waals surface area contributed by atoms with E-state index < -0.39 is 8.07 Å². The standard InChI is InChI=1S/C28H30Si/c1-20-13-12-18-27(19-20)29(25-14-8-6-9-15-25,26-16-10-7-11-17-26)28-23(4)21(2)22(3)24(28)5/h6-19,23H,1-5H3. The lowest BCUT2D eigenvalue weighted by Gasteiger charge is -2.38. The number of rotatable bonds is 4. The summed E-state index contributed by atoms with van der Waals surface area (Å²) < 4.78 is 0. The van der Waals surface area contributed by atoms with E-state index in [1.807, 2.05) is 0 Å². The molecule has 0 radical (unpaired) electrons. The summed E-state index contributed by atoms with van der Waals surface area (Å²) >= 11 is 0. The van der Waals surface area contributed by atoms with Crippen LogP contribution in [-0.2, 0) is 0 Å². The fraction of sp³-hybridized carbons (Fsp3) is 0.214. The Morgan fingerprint density at radius 3 is 1.55 bits per heavy atom. The van der Waals surface area contributed by atoms with Crippen molar-refractivity contribution in [1.82, 2.24) is 0 Å². The van der Waals surface area contributed by atoms with Crippen molar-refractivity contribution in [2.24, 2.45) is 5.92 Å². The van der Waals surface area contributed by atoms with Crippen molar-refractivity contribution in [1.29, 1.82) is 0 Å². The molecule has 3 aromatic rings. The van der Waals surface area contributed by atoms with Crippen LogP contribution in [0.5, 0.6) is 0 Å². The van der Waals surface area contributed by atoms with Gasteiger partial charge in [-0.05, 0) is 54.7 Å². The highest BCUT2D eigenvalue weighted by Crippen LogP contribution is 2.41. The topological polar surface area (TPSA) is 0 Å². The van der Waals surface area contributed by atoms with E-state index in [4.69, 9.17) is 0 Å². The molecule has 0 aliphatic heterocycles. The first kappa shape index (κ1) is 19.7. The fourth-order valence-electron chi connectivity index (χ4n) is 5.19. The highest BCUT2D eigenvalue weighted by Gasteiger charge is 2.47. The van der Waals surface area contributed by atoms with Crippen LogP contribution in [0.3, 0.4) is 0 Å². The Hall–Kier alpha value is -2.64. The molecule has 29 heavy (non-hydrogen) atoms. The van der Waals surface area contributed by atoms with Gasteiger partial charge in [-0.25, -0.2) is 0 Å². The van der Waals surface area contributed by atoms with Crippen LogP contribution in [0.25, 0.3) is 0 Å². The maximum Gasteiger partial charge on any atom is 0.176 e. The lowest BCUT2D eigenvalue weighted by molar-refractivity contribution is 0.851. The molecule has 1 aliphatic rings. The van der Waals surface area contributed by atoms with Crippen LogP contribution in [0.15, 0.2) is 107 Å². The summed E-state index contributed by atoms with van der Waals surface area (Å²) in [7, 11) is -2.39. The molecule has 0 saturated carbocycles. The molecule has 146 valence electrons. The fourth-order valence-corrected chi connectivity index (χ4v) is 10.9. The second-order valence-electron chi connectivity index (χ2n) is 8.42. The molecule has 0 nitrogen and oxygen atoms in total. The maximum absolute atomic E-state index is 2.43. The number of hydrogen-bond donors (Lipinski definition) is 0. The Morgan fingerprint density at radius 1 is 0.586 bits per heavy atom. The molecule has 4 rings (SSSR count). The largest absolute Gasteiger partial charge is 0.176 e. The third-order valence-corrected chi connectivity index (χ3v) is 12.1. The third kappa shape index (κ3) is 3.05. The van der Waals surface area contributed by atoms with Gasteiger partial charge >= 0.3 is 0 Å². The molecule has 1 unspecified atom stereocenters. The van der Waals surface area contributed by atoms with Gasteiger partial charge in [-0.3, -0.25) is 0 Å². The summed E-state index contributed by atoms with van der Waals surface area (Å²) in [5.41, 5.74) is 5.82. The Morgan fingerprint density at radius 2 is 1.10 bits per heavy atom. The van der Waals surface area contributed by atoms with Crippen molar-refractivity contribution in [3.63, 3.8) is 0 Å². The summed E-state index contributed by atoms with van der Waals surface area (Å²) in [6.07, 6.45) is 0. The quantitative estimate of drug-likeness (QED) is 0.416. The van der Waals surface area contributed by atoms with Crippen molar-refractivity contribution in [2.75, 3.05) is 0 Å². The van der Waals surface area contributed by atoms with E-state index in [0.29, 0.717) is 5.92 Å². The molecule has 0 aromatic heterocycles. The van der Waals surface area contributed by atoms with E-state index in [-0.39, 0.29) is 0 Å². The molecule has 0 amide bonds. The molecular formula is C28H30Si. The average Bonchev–Trinajstić information content (AvgIpc) is 2.94. The zero-order valence-electron chi connectivity index (χ0n) is 18.2. The molecule has 3 aromatic carbocycles. The predicted octanol–water partition coefficient (Wildman–Crippen LogP) is 5.31. The number of benzene rings is 3. The monoisotopic (exact) mass is 394 g/mol. The van der Waals surface area contributed by atoms with E-state index in [0.717, 1.165) is 0 Å². The Balaban J connectivity index is 2.17. The van der Waals surface area contributed by atoms with Crippen LogP contribution in [0.2, 0.25) is 0 Å². The Kier molecular flexibility index (Phi) is 5.18. The van der Waals surface area contributed by atoms with Crippen LogP contribution >= 0.6 is 0 Å². The van der Waals surface area contributed by atoms with Crippen molar-refractivity contribution in [2.45, 2.75) is 34.6 Å². The van der Waals surface area contributed by atoms with Gasteiger partial charge in [-0.15, -0.1) is 0 Å². The zero-order chi connectivity index (χ0) is 20.6. The van der Waals surface area contributed by atoms with Crippen LogP contribution in [0.4, 0.5) is 0 Å². The van der Waals surface area contributed by atoms with Gasteiger partial charge in [-0.2, -0.15) is 0 Å². The average molecular weight is 395 g/mol. The van der Waals surface area contributed by atoms with E-state index in [9.17, 15) is 0 Å². The lowest BCUT2D eigenvalue weighted by Crippen LogP contribution is -2.69. The highest BCUT2D eigenvalue weighted by atomic mass is 28.3. The molecule has 0 N–H and O–H groups in total. The first-order valence-corrected chi connectivity index (χ1v) is 12.5. The molecule has 0 spiro atoms. The smallest absolute Gasteiger partial charge is 0.0636 e. The lowest BCUT2D eigenvalue weighted by atomic mass is 10.1. The minimum atomic E-state index is -2.39. The van der Waals surface area contributed by atoms with Crippen LogP contribution in [0.1, 0.15) is 33.3 Å². The molecule has 1 heteroatoms. The summed E-state index contributed by atoms with van der Waals surface area (Å²) in [4.78, 5) is 0. The number of aryl methyl sites for hydroxylation is 1. The minimum Gasteiger partial charge on any atom is -0.0636 e. The predicted molar refractivity (Wildman–Crippen MR) is 129 cm³/mol. The molecule has 0 bridgehead atoms. The summed E-state index contributed by atoms with van der Waals surface area (Å²) in [6.45, 7) is 11.6. The van der Waals surface area contributed by atoms with Crippen molar-refractivity contribution in [3.05, 3.63) is 112 Å². The third-order valence-electron chi connectivity index (χ3n) is 6.91. The summed E-state index contributed by atoms with van der Waals surface area (Å²) in [6, 6.07) is 31.8. The van der Waals surface area contributed by atoms with Crippen LogP contribution in [-0.4, -0.2) is 8.07 Å². The van der Waals surface area contributed by atoms with E-state index >= 15 is 0 Å². The van der Waals surface area contributed by atoms with Gasteiger partial charge < -0.3 is 0 Å². The van der Waals surface area contributed by atoms with Crippen molar-refractivity contribution in [3.8, 4) is 0 Å². The van der Waals surface area contributed by atoms with E-state index in [2.05, 4.69) is 120 Å². The van der Waals surface area contributed by atoms with Crippen LogP contribution in [0, 0.1) is 12.8 Å². The van der Waals surface area contributed by atoms with Gasteiger partial charge in [0.25, 0.3) is 0 Å². The first-order chi connectivity index (χ1) is 14.0. The molecular weight excluding hydrogens is 364 g/mol. The molecule has 1 aliphatic carbocycles. The molecule has 0 heterocycles. The second-order valence-corrected chi connectivity index (χ2v) is 12.2. The number of allylic oxidation sites excluding steroid dienone is 4. The zero-order valence-corrected chi connectivity index (χ0v) is 19.2. The first-order valence-electron chi connectivity index (χ1n) is 10.5. The summed E-state index contributed by atoms with van der Waals surface area (Å²) in [5, 5.41) is 6.08. The molecule has 0 fully saturated rings. The summed E-state index contributed by atoms with van der Waals surface area (Å²) in [5.74, 6) is 0.461. The Bertz CT molecular complexity index is 1050. The molecule has 0 saturated heterocycles. The van der Waals surface area contributed by atoms with Crippen molar-refractivity contribution >= 4 is 23.6 Å². The van der Waals surface area contributed by atoms with E-state index in [1.165, 1.54) is 37.8 Å². The minimum absolute atomic E-state index is 0.461. The number of hydrogen-bond acceptors (Lipinski definition) is 0. The van der Waals surface area contributed by atoms with Crippen LogP contribution < -0.4 is 15.6 Å². The normalized spacial score (nSPS) is 17.2.